The summed E-state index contributed by atoms with van der Waals surface area (Å²) >= 11 is 0. The van der Waals surface area contributed by atoms with E-state index in [1.54, 1.807) is 0 Å². The summed E-state index contributed by atoms with van der Waals surface area (Å²) in [7, 11) is 0. The Labute approximate surface area is 425 Å². The molecule has 0 amide bonds. The minimum atomic E-state index is -0.763. The largest absolute Gasteiger partial charge is 0.462 e. The van der Waals surface area contributed by atoms with E-state index in [4.69, 9.17) is 14.2 Å². The predicted octanol–water partition coefficient (Wildman–Crippen LogP) is 20.4. The van der Waals surface area contributed by atoms with Crippen molar-refractivity contribution >= 4 is 17.9 Å². The van der Waals surface area contributed by atoms with Gasteiger partial charge < -0.3 is 14.2 Å². The van der Waals surface area contributed by atoms with Crippen LogP contribution in [0.15, 0.2) is 0 Å². The van der Waals surface area contributed by atoms with Gasteiger partial charge in [0, 0.05) is 19.3 Å². The molecule has 1 atom stereocenters. The van der Waals surface area contributed by atoms with Gasteiger partial charge in [0.05, 0.1) is 0 Å². The standard InChI is InChI=1S/C62H120O6/c1-6-7-8-9-10-11-12-13-14-18-22-29-34-39-44-49-54-62(65)68-59(56-67-61(64)53-48-43-38-33-28-24-23-26-31-36-41-46-51-58(4)5)55-66-60(63)52-47-42-37-32-27-21-19-16-15-17-20-25-30-35-40-45-50-57(2)3/h57-59H,6-56H2,1-5H3/t59-/m0/s1. The minimum absolute atomic E-state index is 0.0621. The maximum Gasteiger partial charge on any atom is 0.306 e. The normalized spacial score (nSPS) is 12.0. The van der Waals surface area contributed by atoms with E-state index in [9.17, 15) is 14.4 Å². The summed E-state index contributed by atoms with van der Waals surface area (Å²) in [5.74, 6) is 0.853. The molecule has 404 valence electrons. The molecule has 0 aliphatic carbocycles. The SMILES string of the molecule is CCCCCCCCCCCCCCCCCCC(=O)O[C@@H](COC(=O)CCCCCCCCCCCCCCCCCCC(C)C)COC(=O)CCCCCCCCCCCCCCC(C)C. The highest BCUT2D eigenvalue weighted by molar-refractivity contribution is 5.71. The Morgan fingerprint density at radius 1 is 0.279 bits per heavy atom. The molecule has 0 aromatic heterocycles. The summed E-state index contributed by atoms with van der Waals surface area (Å²) in [6, 6.07) is 0. The molecule has 0 heterocycles. The smallest absolute Gasteiger partial charge is 0.306 e. The van der Waals surface area contributed by atoms with Crippen LogP contribution in [-0.4, -0.2) is 37.2 Å². The molecule has 0 aromatic carbocycles. The van der Waals surface area contributed by atoms with E-state index in [-0.39, 0.29) is 31.1 Å². The van der Waals surface area contributed by atoms with Crippen molar-refractivity contribution in [3.63, 3.8) is 0 Å². The zero-order valence-corrected chi connectivity index (χ0v) is 46.7. The van der Waals surface area contributed by atoms with Crippen LogP contribution in [0.4, 0.5) is 0 Å². The first kappa shape index (κ1) is 66.4. The summed E-state index contributed by atoms with van der Waals surface area (Å²) in [4.78, 5) is 38.2. The monoisotopic (exact) mass is 961 g/mol. The van der Waals surface area contributed by atoms with Crippen LogP contribution in [0.2, 0.25) is 0 Å². The Morgan fingerprint density at radius 3 is 0.721 bits per heavy atom. The van der Waals surface area contributed by atoms with Crippen LogP contribution in [0.1, 0.15) is 349 Å². The third-order valence-corrected chi connectivity index (χ3v) is 14.2. The maximum absolute atomic E-state index is 12.9. The van der Waals surface area contributed by atoms with Gasteiger partial charge in [-0.1, -0.05) is 311 Å². The van der Waals surface area contributed by atoms with Crippen LogP contribution < -0.4 is 0 Å². The average Bonchev–Trinajstić information content (AvgIpc) is 3.31. The van der Waals surface area contributed by atoms with Gasteiger partial charge in [0.2, 0.25) is 0 Å². The number of carbonyl (C=O) groups is 3. The van der Waals surface area contributed by atoms with Crippen LogP contribution in [0.25, 0.3) is 0 Å². The number of esters is 3. The Hall–Kier alpha value is -1.59. The van der Waals surface area contributed by atoms with Gasteiger partial charge in [-0.3, -0.25) is 14.4 Å². The third-order valence-electron chi connectivity index (χ3n) is 14.2. The Balaban J connectivity index is 4.28. The number of ether oxygens (including phenoxy) is 3. The van der Waals surface area contributed by atoms with Gasteiger partial charge in [-0.05, 0) is 31.1 Å². The van der Waals surface area contributed by atoms with Gasteiger partial charge in [-0.2, -0.15) is 0 Å². The number of unbranched alkanes of at least 4 members (excludes halogenated alkanes) is 41. The van der Waals surface area contributed by atoms with Crippen molar-refractivity contribution in [2.75, 3.05) is 13.2 Å². The second kappa shape index (κ2) is 54.7. The fourth-order valence-electron chi connectivity index (χ4n) is 9.58. The number of rotatable bonds is 56. The zero-order chi connectivity index (χ0) is 49.6. The molecule has 0 fully saturated rings. The molecule has 0 spiro atoms. The molecule has 0 unspecified atom stereocenters. The molecule has 68 heavy (non-hydrogen) atoms. The Bertz CT molecular complexity index is 1040. The van der Waals surface area contributed by atoms with E-state index in [1.165, 1.54) is 238 Å². The highest BCUT2D eigenvalue weighted by Crippen LogP contribution is 2.19. The van der Waals surface area contributed by atoms with Gasteiger partial charge in [0.15, 0.2) is 6.10 Å². The van der Waals surface area contributed by atoms with Gasteiger partial charge >= 0.3 is 17.9 Å². The van der Waals surface area contributed by atoms with E-state index in [0.717, 1.165) is 69.6 Å². The average molecular weight is 962 g/mol. The topological polar surface area (TPSA) is 78.9 Å². The summed E-state index contributed by atoms with van der Waals surface area (Å²) in [5, 5.41) is 0. The van der Waals surface area contributed by atoms with Gasteiger partial charge in [-0.25, -0.2) is 0 Å². The molecule has 0 N–H and O–H groups in total. The van der Waals surface area contributed by atoms with E-state index >= 15 is 0 Å². The molecule has 0 aromatic rings. The first-order chi connectivity index (χ1) is 33.2. The molecule has 0 rings (SSSR count). The lowest BCUT2D eigenvalue weighted by Crippen LogP contribution is -2.30. The fourth-order valence-corrected chi connectivity index (χ4v) is 9.58. The molecule has 6 nitrogen and oxygen atoms in total. The van der Waals surface area contributed by atoms with Crippen molar-refractivity contribution in [2.45, 2.75) is 355 Å². The first-order valence-corrected chi connectivity index (χ1v) is 30.7. The molecule has 0 radical (unpaired) electrons. The van der Waals surface area contributed by atoms with Crippen molar-refractivity contribution in [3.8, 4) is 0 Å². The number of carbonyl (C=O) groups excluding carboxylic acids is 3. The van der Waals surface area contributed by atoms with Crippen molar-refractivity contribution in [3.05, 3.63) is 0 Å². The minimum Gasteiger partial charge on any atom is -0.462 e. The van der Waals surface area contributed by atoms with Crippen molar-refractivity contribution in [1.29, 1.82) is 0 Å². The van der Waals surface area contributed by atoms with Crippen LogP contribution in [-0.2, 0) is 28.6 Å². The third kappa shape index (κ3) is 55.3. The lowest BCUT2D eigenvalue weighted by molar-refractivity contribution is -0.167. The molecule has 0 saturated heterocycles. The molecule has 0 aliphatic heterocycles. The quantitative estimate of drug-likeness (QED) is 0.0343. The van der Waals surface area contributed by atoms with Crippen LogP contribution in [0.5, 0.6) is 0 Å². The summed E-state index contributed by atoms with van der Waals surface area (Å²) < 4.78 is 16.9. The zero-order valence-electron chi connectivity index (χ0n) is 46.7. The molecule has 6 heteroatoms. The van der Waals surface area contributed by atoms with Gasteiger partial charge in [-0.15, -0.1) is 0 Å². The maximum atomic E-state index is 12.9. The van der Waals surface area contributed by atoms with Crippen LogP contribution in [0.3, 0.4) is 0 Å². The lowest BCUT2D eigenvalue weighted by atomic mass is 10.0. The number of hydrogen-bond acceptors (Lipinski definition) is 6. The molecular weight excluding hydrogens is 841 g/mol. The van der Waals surface area contributed by atoms with Gasteiger partial charge in [0.1, 0.15) is 13.2 Å². The van der Waals surface area contributed by atoms with E-state index in [1.807, 2.05) is 0 Å². The van der Waals surface area contributed by atoms with Crippen LogP contribution >= 0.6 is 0 Å². The molecule has 0 aliphatic rings. The Kier molecular flexibility index (Phi) is 53.5. The second-order valence-corrected chi connectivity index (χ2v) is 22.3. The van der Waals surface area contributed by atoms with Crippen molar-refractivity contribution in [2.24, 2.45) is 11.8 Å². The summed E-state index contributed by atoms with van der Waals surface area (Å²) in [5.41, 5.74) is 0. The van der Waals surface area contributed by atoms with Crippen molar-refractivity contribution in [1.82, 2.24) is 0 Å². The van der Waals surface area contributed by atoms with Gasteiger partial charge in [0.25, 0.3) is 0 Å². The van der Waals surface area contributed by atoms with E-state index < -0.39 is 6.10 Å². The van der Waals surface area contributed by atoms with E-state index in [0.29, 0.717) is 19.3 Å². The van der Waals surface area contributed by atoms with Crippen LogP contribution in [0, 0.1) is 11.8 Å². The molecular formula is C62H120O6. The predicted molar refractivity (Wildman–Crippen MR) is 293 cm³/mol. The summed E-state index contributed by atoms with van der Waals surface area (Å²) in [6.07, 6.45) is 59.5. The Morgan fingerprint density at radius 2 is 0.485 bits per heavy atom. The second-order valence-electron chi connectivity index (χ2n) is 22.3. The summed E-state index contributed by atoms with van der Waals surface area (Å²) in [6.45, 7) is 11.4. The highest BCUT2D eigenvalue weighted by atomic mass is 16.6. The van der Waals surface area contributed by atoms with E-state index in [2.05, 4.69) is 34.6 Å². The first-order valence-electron chi connectivity index (χ1n) is 30.7. The van der Waals surface area contributed by atoms with Crippen molar-refractivity contribution < 1.29 is 28.6 Å². The lowest BCUT2D eigenvalue weighted by Gasteiger charge is -2.18. The molecule has 0 saturated carbocycles. The fraction of sp³-hybridized carbons (Fsp3) is 0.952. The highest BCUT2D eigenvalue weighted by Gasteiger charge is 2.19. The molecule has 0 bridgehead atoms. The number of hydrogen-bond donors (Lipinski definition) is 0.